The fourth-order valence-corrected chi connectivity index (χ4v) is 3.01. The van der Waals surface area contributed by atoms with E-state index in [4.69, 9.17) is 9.47 Å². The lowest BCUT2D eigenvalue weighted by Crippen LogP contribution is -2.50. The Balaban J connectivity index is 1.64. The van der Waals surface area contributed by atoms with Gasteiger partial charge in [-0.15, -0.1) is 0 Å². The van der Waals surface area contributed by atoms with Gasteiger partial charge < -0.3 is 24.6 Å². The second-order valence-corrected chi connectivity index (χ2v) is 6.16. The first-order valence-corrected chi connectivity index (χ1v) is 8.61. The summed E-state index contributed by atoms with van der Waals surface area (Å²) in [5, 5.41) is 2.77. The average Bonchev–Trinajstić information content (AvgIpc) is 2.72. The average molecular weight is 395 g/mol. The first kappa shape index (κ1) is 19.7. The van der Waals surface area contributed by atoms with E-state index in [0.717, 1.165) is 6.07 Å². The van der Waals surface area contributed by atoms with Gasteiger partial charge in [0.15, 0.2) is 17.5 Å². The zero-order valence-corrected chi connectivity index (χ0v) is 15.5. The number of halogens is 3. The van der Waals surface area contributed by atoms with E-state index in [2.05, 4.69) is 5.32 Å². The van der Waals surface area contributed by atoms with E-state index in [1.807, 2.05) is 0 Å². The molecule has 1 N–H and O–H groups in total. The number of nitrogens with one attached hydrogen (secondary N) is 1. The minimum atomic E-state index is -1.50. The minimum Gasteiger partial charge on any atom is -0.497 e. The molecule has 1 fully saturated rings. The third-order valence-electron chi connectivity index (χ3n) is 4.57. The molecule has 0 aromatic heterocycles. The maximum Gasteiger partial charge on any atom is 0.322 e. The van der Waals surface area contributed by atoms with Crippen LogP contribution >= 0.6 is 0 Å². The number of amides is 2. The molecule has 0 aliphatic carbocycles. The van der Waals surface area contributed by atoms with E-state index < -0.39 is 17.5 Å². The normalized spacial score (nSPS) is 14.0. The minimum absolute atomic E-state index is 0.0178. The summed E-state index contributed by atoms with van der Waals surface area (Å²) in [6.45, 7) is 1.16. The number of rotatable bonds is 4. The highest BCUT2D eigenvalue weighted by molar-refractivity contribution is 5.91. The van der Waals surface area contributed by atoms with Crippen LogP contribution in [0.3, 0.4) is 0 Å². The van der Waals surface area contributed by atoms with Crippen LogP contribution in [0.5, 0.6) is 11.5 Å². The van der Waals surface area contributed by atoms with E-state index >= 15 is 0 Å². The number of hydrogen-bond donors (Lipinski definition) is 1. The van der Waals surface area contributed by atoms with Gasteiger partial charge in [-0.2, -0.15) is 0 Å². The molecule has 28 heavy (non-hydrogen) atoms. The van der Waals surface area contributed by atoms with Crippen molar-refractivity contribution in [2.45, 2.75) is 0 Å². The zero-order chi connectivity index (χ0) is 20.3. The van der Waals surface area contributed by atoms with Gasteiger partial charge in [-0.3, -0.25) is 0 Å². The highest BCUT2D eigenvalue weighted by atomic mass is 19.2. The Labute approximate surface area is 160 Å². The largest absolute Gasteiger partial charge is 0.497 e. The van der Waals surface area contributed by atoms with Crippen LogP contribution in [0.4, 0.5) is 29.3 Å². The van der Waals surface area contributed by atoms with E-state index in [-0.39, 0.29) is 24.8 Å². The summed E-state index contributed by atoms with van der Waals surface area (Å²) in [5.74, 6) is -2.90. The predicted octanol–water partition coefficient (Wildman–Crippen LogP) is 3.48. The van der Waals surface area contributed by atoms with Crippen LogP contribution in [0.25, 0.3) is 0 Å². The van der Waals surface area contributed by atoms with Crippen LogP contribution in [0.1, 0.15) is 0 Å². The number of carbonyl (C=O) groups excluding carboxylic acids is 1. The fourth-order valence-electron chi connectivity index (χ4n) is 3.01. The fraction of sp³-hybridized carbons (Fsp3) is 0.316. The topological polar surface area (TPSA) is 54.0 Å². The summed E-state index contributed by atoms with van der Waals surface area (Å²) in [4.78, 5) is 15.7. The Morgan fingerprint density at radius 3 is 2.32 bits per heavy atom. The molecule has 9 heteroatoms. The van der Waals surface area contributed by atoms with Crippen molar-refractivity contribution in [2.24, 2.45) is 0 Å². The molecule has 0 radical (unpaired) electrons. The summed E-state index contributed by atoms with van der Waals surface area (Å²) < 4.78 is 50.9. The molecule has 1 aliphatic heterocycles. The van der Waals surface area contributed by atoms with Crippen LogP contribution in [0.15, 0.2) is 30.3 Å². The van der Waals surface area contributed by atoms with Crippen molar-refractivity contribution < 1.29 is 27.4 Å². The van der Waals surface area contributed by atoms with Gasteiger partial charge in [-0.05, 0) is 24.3 Å². The molecular formula is C19H20F3N3O3. The summed E-state index contributed by atoms with van der Waals surface area (Å²) >= 11 is 0. The van der Waals surface area contributed by atoms with Crippen LogP contribution < -0.4 is 19.7 Å². The van der Waals surface area contributed by atoms with Gasteiger partial charge in [0.05, 0.1) is 25.6 Å². The molecule has 0 saturated carbocycles. The molecule has 6 nitrogen and oxygen atoms in total. The lowest BCUT2D eigenvalue weighted by atomic mass is 10.2. The molecule has 2 aromatic carbocycles. The molecule has 3 rings (SSSR count). The van der Waals surface area contributed by atoms with Gasteiger partial charge in [0.2, 0.25) is 0 Å². The van der Waals surface area contributed by atoms with Crippen molar-refractivity contribution in [1.82, 2.24) is 4.90 Å². The van der Waals surface area contributed by atoms with Crippen LogP contribution in [0.2, 0.25) is 0 Å². The summed E-state index contributed by atoms with van der Waals surface area (Å²) in [7, 11) is 3.02. The number of urea groups is 1. The van der Waals surface area contributed by atoms with Crippen molar-refractivity contribution in [3.8, 4) is 11.5 Å². The molecule has 0 atom stereocenters. The number of ether oxygens (including phenoxy) is 2. The van der Waals surface area contributed by atoms with E-state index in [9.17, 15) is 18.0 Å². The van der Waals surface area contributed by atoms with Crippen LogP contribution in [0, 0.1) is 17.5 Å². The molecule has 1 saturated heterocycles. The second kappa shape index (κ2) is 8.28. The molecular weight excluding hydrogens is 375 g/mol. The van der Waals surface area contributed by atoms with Gasteiger partial charge in [-0.1, -0.05) is 0 Å². The van der Waals surface area contributed by atoms with Gasteiger partial charge in [0, 0.05) is 32.2 Å². The first-order valence-electron chi connectivity index (χ1n) is 8.61. The van der Waals surface area contributed by atoms with Crippen molar-refractivity contribution in [3.63, 3.8) is 0 Å². The number of nitrogens with zero attached hydrogens (tertiary/aromatic N) is 2. The van der Waals surface area contributed by atoms with E-state index in [1.54, 1.807) is 28.0 Å². The second-order valence-electron chi connectivity index (χ2n) is 6.16. The Morgan fingerprint density at radius 1 is 0.964 bits per heavy atom. The Morgan fingerprint density at radius 2 is 1.68 bits per heavy atom. The van der Waals surface area contributed by atoms with Crippen LogP contribution in [-0.4, -0.2) is 51.3 Å². The Bertz CT molecular complexity index is 871. The Kier molecular flexibility index (Phi) is 5.81. The van der Waals surface area contributed by atoms with Crippen LogP contribution in [-0.2, 0) is 0 Å². The smallest absolute Gasteiger partial charge is 0.322 e. The van der Waals surface area contributed by atoms with Crippen molar-refractivity contribution >= 4 is 17.4 Å². The predicted molar refractivity (Wildman–Crippen MR) is 98.7 cm³/mol. The zero-order valence-electron chi connectivity index (χ0n) is 15.5. The molecule has 1 aliphatic rings. The number of benzene rings is 2. The highest BCUT2D eigenvalue weighted by Gasteiger charge is 2.25. The molecule has 2 amide bonds. The quantitative estimate of drug-likeness (QED) is 0.806. The lowest BCUT2D eigenvalue weighted by molar-refractivity contribution is 0.208. The number of carbonyl (C=O) groups is 1. The molecule has 1 heterocycles. The van der Waals surface area contributed by atoms with Crippen molar-refractivity contribution in [2.75, 3.05) is 50.6 Å². The molecule has 0 bridgehead atoms. The summed E-state index contributed by atoms with van der Waals surface area (Å²) in [6.07, 6.45) is 0. The summed E-state index contributed by atoms with van der Waals surface area (Å²) in [5.41, 5.74) is 0.471. The number of methoxy groups -OCH3 is 2. The SMILES string of the molecule is COc1ccc(NC(=O)N2CCN(c3ccc(F)c(F)c3F)CC2)c(OC)c1. The number of piperazine rings is 1. The standard InChI is InChI=1S/C19H20F3N3O3/c1-27-12-3-5-14(16(11-12)28-2)23-19(26)25-9-7-24(8-10-25)15-6-4-13(20)17(21)18(15)22/h3-6,11H,7-10H2,1-2H3,(H,23,26). The molecule has 0 unspecified atom stereocenters. The number of hydrogen-bond acceptors (Lipinski definition) is 4. The maximum absolute atomic E-state index is 14.0. The van der Waals surface area contributed by atoms with E-state index in [1.165, 1.54) is 20.3 Å². The third-order valence-corrected chi connectivity index (χ3v) is 4.57. The van der Waals surface area contributed by atoms with Crippen molar-refractivity contribution in [3.05, 3.63) is 47.8 Å². The molecule has 2 aromatic rings. The maximum atomic E-state index is 14.0. The number of anilines is 2. The van der Waals surface area contributed by atoms with Gasteiger partial charge in [0.1, 0.15) is 11.5 Å². The highest BCUT2D eigenvalue weighted by Crippen LogP contribution is 2.29. The van der Waals surface area contributed by atoms with Gasteiger partial charge in [-0.25, -0.2) is 18.0 Å². The Hall–Kier alpha value is -3.10. The summed E-state index contributed by atoms with van der Waals surface area (Å²) in [6, 6.07) is 6.77. The first-order chi connectivity index (χ1) is 13.4. The molecule has 0 spiro atoms. The van der Waals surface area contributed by atoms with Gasteiger partial charge >= 0.3 is 6.03 Å². The monoisotopic (exact) mass is 395 g/mol. The lowest BCUT2D eigenvalue weighted by Gasteiger charge is -2.36. The van der Waals surface area contributed by atoms with Gasteiger partial charge in [0.25, 0.3) is 0 Å². The molecule has 150 valence electrons. The van der Waals surface area contributed by atoms with E-state index in [0.29, 0.717) is 30.3 Å². The van der Waals surface area contributed by atoms with Crippen molar-refractivity contribution in [1.29, 1.82) is 0 Å². The third kappa shape index (κ3) is 3.92.